The summed E-state index contributed by atoms with van der Waals surface area (Å²) in [6.07, 6.45) is 11.1. The van der Waals surface area contributed by atoms with E-state index in [1.807, 2.05) is 13.1 Å². The van der Waals surface area contributed by atoms with Crippen molar-refractivity contribution in [1.29, 1.82) is 0 Å². The molecule has 1 aromatic heterocycles. The van der Waals surface area contributed by atoms with Gasteiger partial charge in [-0.25, -0.2) is 4.39 Å². The Morgan fingerprint density at radius 2 is 2.00 bits per heavy atom. The Balaban J connectivity index is 1.60. The fraction of sp³-hybridized carbons (Fsp3) is 0.650. The van der Waals surface area contributed by atoms with Crippen LogP contribution in [-0.4, -0.2) is 22.4 Å². The summed E-state index contributed by atoms with van der Waals surface area (Å²) < 4.78 is 16.6. The minimum atomic E-state index is -0.407. The lowest BCUT2D eigenvalue weighted by Crippen LogP contribution is -2.45. The molecule has 0 spiro atoms. The highest BCUT2D eigenvalue weighted by Crippen LogP contribution is 2.49. The van der Waals surface area contributed by atoms with Crippen LogP contribution in [0.3, 0.4) is 0 Å². The second-order valence-corrected chi connectivity index (χ2v) is 8.83. The fourth-order valence-electron chi connectivity index (χ4n) is 4.90. The zero-order valence-electron chi connectivity index (χ0n) is 14.9. The average molecular weight is 365 g/mol. The predicted molar refractivity (Wildman–Crippen MR) is 98.4 cm³/mol. The summed E-state index contributed by atoms with van der Waals surface area (Å²) in [4.78, 5) is 12.8. The van der Waals surface area contributed by atoms with Gasteiger partial charge in [-0.15, -0.1) is 11.6 Å². The third kappa shape index (κ3) is 2.83. The molecule has 2 unspecified atom stereocenters. The van der Waals surface area contributed by atoms with Crippen molar-refractivity contribution in [2.45, 2.75) is 50.8 Å². The number of nitrogens with one attached hydrogen (secondary N) is 1. The summed E-state index contributed by atoms with van der Waals surface area (Å²) in [6, 6.07) is 0. The molecule has 0 radical (unpaired) electrons. The lowest BCUT2D eigenvalue weighted by atomic mass is 9.61. The van der Waals surface area contributed by atoms with Crippen molar-refractivity contribution in [2.75, 3.05) is 6.54 Å². The van der Waals surface area contributed by atoms with Crippen molar-refractivity contribution in [1.82, 2.24) is 9.88 Å². The summed E-state index contributed by atoms with van der Waals surface area (Å²) in [5, 5.41) is 3.87. The molecule has 3 saturated carbocycles. The molecule has 1 aromatic rings. The first-order valence-electron chi connectivity index (χ1n) is 9.39. The predicted octanol–water partition coefficient (Wildman–Crippen LogP) is 2.84. The van der Waals surface area contributed by atoms with Gasteiger partial charge in [-0.1, -0.05) is 6.92 Å². The highest BCUT2D eigenvalue weighted by atomic mass is 35.5. The number of hydrogen-bond donors (Lipinski definition) is 1. The average Bonchev–Trinajstić information content (AvgIpc) is 2.96. The fourth-order valence-corrected chi connectivity index (χ4v) is 5.13. The molecule has 136 valence electrons. The van der Waals surface area contributed by atoms with Gasteiger partial charge < -0.3 is 9.88 Å². The van der Waals surface area contributed by atoms with Crippen LogP contribution in [0.25, 0.3) is 11.9 Å². The van der Waals surface area contributed by atoms with Crippen LogP contribution < -0.4 is 15.9 Å². The molecule has 1 N–H and O–H groups in total. The van der Waals surface area contributed by atoms with Crippen LogP contribution in [0, 0.1) is 17.3 Å². The Morgan fingerprint density at radius 1 is 1.36 bits per heavy atom. The Labute approximate surface area is 152 Å². The number of fused-ring (bicyclic) bond motifs is 4. The molecule has 5 heteroatoms. The number of nitrogens with zero attached hydrogens (tertiary/aromatic N) is 1. The van der Waals surface area contributed by atoms with Gasteiger partial charge in [-0.3, -0.25) is 4.79 Å². The summed E-state index contributed by atoms with van der Waals surface area (Å²) in [6.45, 7) is 2.47. The summed E-state index contributed by atoms with van der Waals surface area (Å²) >= 11 is 6.22. The molecule has 5 rings (SSSR count). The van der Waals surface area contributed by atoms with E-state index in [0.29, 0.717) is 22.7 Å². The SMILES string of the molecule is CC1C(F)=c2c(C(=O)NCC34CCC(CC3)CC4)cn(C)c2=CC1Cl. The zero-order chi connectivity index (χ0) is 17.8. The van der Waals surface area contributed by atoms with E-state index in [2.05, 4.69) is 5.32 Å². The van der Waals surface area contributed by atoms with Gasteiger partial charge in [0.05, 0.1) is 10.9 Å². The molecule has 0 aliphatic heterocycles. The Kier molecular flexibility index (Phi) is 4.22. The maximum atomic E-state index is 14.8. The van der Waals surface area contributed by atoms with Gasteiger partial charge in [-0.2, -0.15) is 0 Å². The maximum absolute atomic E-state index is 14.8. The maximum Gasteiger partial charge on any atom is 0.253 e. The van der Waals surface area contributed by atoms with Crippen molar-refractivity contribution >= 4 is 29.4 Å². The molecule has 2 atom stereocenters. The molecule has 4 aliphatic rings. The van der Waals surface area contributed by atoms with E-state index in [0.717, 1.165) is 5.92 Å². The van der Waals surface area contributed by atoms with Gasteiger partial charge in [-0.05, 0) is 55.9 Å². The molecular weight excluding hydrogens is 339 g/mol. The van der Waals surface area contributed by atoms with Gasteiger partial charge in [0.2, 0.25) is 0 Å². The summed E-state index contributed by atoms with van der Waals surface area (Å²) in [5.41, 5.74) is 0.699. The van der Waals surface area contributed by atoms with Crippen molar-refractivity contribution in [3.05, 3.63) is 22.3 Å². The lowest BCUT2D eigenvalue weighted by molar-refractivity contribution is 0.0597. The summed E-state index contributed by atoms with van der Waals surface area (Å²) in [7, 11) is 1.83. The van der Waals surface area contributed by atoms with Crippen molar-refractivity contribution in [3.63, 3.8) is 0 Å². The largest absolute Gasteiger partial charge is 0.351 e. The zero-order valence-corrected chi connectivity index (χ0v) is 15.7. The minimum absolute atomic E-state index is 0.164. The quantitative estimate of drug-likeness (QED) is 0.822. The number of aromatic nitrogens is 1. The van der Waals surface area contributed by atoms with Crippen LogP contribution in [-0.2, 0) is 7.05 Å². The van der Waals surface area contributed by atoms with E-state index in [-0.39, 0.29) is 22.5 Å². The molecule has 2 bridgehead atoms. The standard InChI is InChI=1S/C20H26ClFN2O/c1-12-15(21)9-16-17(18(12)22)14(10-24(16)2)19(25)23-11-20-6-3-13(4-7-20)5-8-20/h9-10,12-13,15H,3-8,11H2,1-2H3,(H,23,25). The molecule has 4 aliphatic carbocycles. The van der Waals surface area contributed by atoms with Gasteiger partial charge >= 0.3 is 0 Å². The number of carbonyl (C=O) groups is 1. The molecule has 1 amide bonds. The first kappa shape index (κ1) is 17.1. The monoisotopic (exact) mass is 364 g/mol. The first-order chi connectivity index (χ1) is 11.9. The van der Waals surface area contributed by atoms with E-state index in [9.17, 15) is 9.18 Å². The van der Waals surface area contributed by atoms with Crippen molar-refractivity contribution < 1.29 is 9.18 Å². The van der Waals surface area contributed by atoms with Gasteiger partial charge in [0.25, 0.3) is 5.91 Å². The molecule has 0 aromatic carbocycles. The highest BCUT2D eigenvalue weighted by Gasteiger charge is 2.40. The second kappa shape index (κ2) is 6.15. The van der Waals surface area contributed by atoms with Crippen molar-refractivity contribution in [3.8, 4) is 0 Å². The Morgan fingerprint density at radius 3 is 2.64 bits per heavy atom. The number of halogens is 2. The van der Waals surface area contributed by atoms with Gasteiger partial charge in [0.15, 0.2) is 0 Å². The van der Waals surface area contributed by atoms with Crippen molar-refractivity contribution in [2.24, 2.45) is 24.3 Å². The Hall–Kier alpha value is -1.29. The third-order valence-electron chi connectivity index (χ3n) is 6.78. The van der Waals surface area contributed by atoms with Crippen LogP contribution in [0.4, 0.5) is 4.39 Å². The number of carbonyl (C=O) groups excluding carboxylic acids is 1. The van der Waals surface area contributed by atoms with E-state index in [1.165, 1.54) is 38.5 Å². The smallest absolute Gasteiger partial charge is 0.253 e. The lowest BCUT2D eigenvalue weighted by Gasteiger charge is -2.46. The first-order valence-corrected chi connectivity index (χ1v) is 9.83. The number of hydrogen-bond acceptors (Lipinski definition) is 1. The molecule has 1 heterocycles. The van der Waals surface area contributed by atoms with E-state index >= 15 is 0 Å². The van der Waals surface area contributed by atoms with E-state index in [4.69, 9.17) is 11.6 Å². The third-order valence-corrected chi connectivity index (χ3v) is 7.28. The van der Waals surface area contributed by atoms with Crippen LogP contribution >= 0.6 is 11.6 Å². The molecular formula is C20H26ClFN2O. The summed E-state index contributed by atoms with van der Waals surface area (Å²) in [5.74, 6) is 0.0561. The topological polar surface area (TPSA) is 34.0 Å². The molecule has 25 heavy (non-hydrogen) atoms. The van der Waals surface area contributed by atoms with Gasteiger partial charge in [0.1, 0.15) is 5.83 Å². The molecule has 0 saturated heterocycles. The number of rotatable bonds is 3. The minimum Gasteiger partial charge on any atom is -0.351 e. The van der Waals surface area contributed by atoms with Crippen LogP contribution in [0.2, 0.25) is 0 Å². The number of alkyl halides is 1. The van der Waals surface area contributed by atoms with Crippen LogP contribution in [0.15, 0.2) is 6.20 Å². The van der Waals surface area contributed by atoms with E-state index in [1.54, 1.807) is 17.7 Å². The van der Waals surface area contributed by atoms with Gasteiger partial charge in [0, 0.05) is 36.3 Å². The van der Waals surface area contributed by atoms with E-state index < -0.39 is 5.92 Å². The molecule has 3 fully saturated rings. The molecule has 3 nitrogen and oxygen atoms in total. The number of amides is 1. The van der Waals surface area contributed by atoms with Crippen LogP contribution in [0.1, 0.15) is 55.8 Å². The number of aryl methyl sites for hydroxylation is 1. The Bertz CT molecular complexity index is 806. The second-order valence-electron chi connectivity index (χ2n) is 8.33. The van der Waals surface area contributed by atoms with Crippen LogP contribution in [0.5, 0.6) is 0 Å². The highest BCUT2D eigenvalue weighted by molar-refractivity contribution is 6.24. The normalized spacial score (nSPS) is 33.8.